The second-order valence-electron chi connectivity index (χ2n) is 4.02. The van der Waals surface area contributed by atoms with Crippen LogP contribution in [0, 0.1) is 0 Å². The van der Waals surface area contributed by atoms with Crippen LogP contribution in [0.15, 0.2) is 0 Å². The Bertz CT molecular complexity index is 154. The van der Waals surface area contributed by atoms with E-state index >= 15 is 0 Å². The smallest absolute Gasteiger partial charge is 0.0700 e. The first kappa shape index (κ1) is 10.4. The Kier molecular flexibility index (Phi) is 4.19. The minimum absolute atomic E-state index is 0.444. The molecule has 2 atom stereocenters. The Labute approximate surface area is 85.3 Å². The van der Waals surface area contributed by atoms with Gasteiger partial charge in [0.15, 0.2) is 0 Å². The lowest BCUT2D eigenvalue weighted by molar-refractivity contribution is 0.0727. The quantitative estimate of drug-likeness (QED) is 0.656. The van der Waals surface area contributed by atoms with Gasteiger partial charge in [0.25, 0.3) is 0 Å². The van der Waals surface area contributed by atoms with Crippen LogP contribution in [-0.4, -0.2) is 51.6 Å². The van der Waals surface area contributed by atoms with E-state index in [4.69, 9.17) is 9.47 Å². The minimum Gasteiger partial charge on any atom is -0.378 e. The van der Waals surface area contributed by atoms with Crippen LogP contribution in [0.2, 0.25) is 0 Å². The molecule has 2 N–H and O–H groups in total. The van der Waals surface area contributed by atoms with Gasteiger partial charge in [-0.25, -0.2) is 0 Å². The Hall–Kier alpha value is -0.160. The number of hydrogen-bond acceptors (Lipinski definition) is 4. The largest absolute Gasteiger partial charge is 0.378 e. The highest BCUT2D eigenvalue weighted by Gasteiger charge is 2.16. The fourth-order valence-corrected chi connectivity index (χ4v) is 1.97. The van der Waals surface area contributed by atoms with E-state index in [9.17, 15) is 0 Å². The summed E-state index contributed by atoms with van der Waals surface area (Å²) < 4.78 is 10.9. The van der Waals surface area contributed by atoms with Crippen molar-refractivity contribution in [1.82, 2.24) is 10.6 Å². The molecule has 0 aromatic carbocycles. The first-order valence-corrected chi connectivity index (χ1v) is 5.58. The molecule has 2 aliphatic heterocycles. The zero-order valence-corrected chi connectivity index (χ0v) is 8.63. The summed E-state index contributed by atoms with van der Waals surface area (Å²) in [5.41, 5.74) is 0. The molecule has 2 saturated heterocycles. The molecular weight excluding hydrogens is 180 g/mol. The molecule has 0 radical (unpaired) electrons. The molecule has 2 aliphatic rings. The van der Waals surface area contributed by atoms with E-state index in [2.05, 4.69) is 10.6 Å². The lowest BCUT2D eigenvalue weighted by Crippen LogP contribution is -2.48. The van der Waals surface area contributed by atoms with Crippen molar-refractivity contribution in [3.05, 3.63) is 0 Å². The minimum atomic E-state index is 0.444. The second kappa shape index (κ2) is 5.66. The topological polar surface area (TPSA) is 42.5 Å². The summed E-state index contributed by atoms with van der Waals surface area (Å²) in [6.07, 6.45) is 2.87. The average molecular weight is 200 g/mol. The van der Waals surface area contributed by atoms with Gasteiger partial charge in [0.2, 0.25) is 0 Å². The molecule has 2 unspecified atom stereocenters. The maximum Gasteiger partial charge on any atom is 0.0700 e. The van der Waals surface area contributed by atoms with Gasteiger partial charge >= 0.3 is 0 Å². The molecule has 0 amide bonds. The molecule has 2 rings (SSSR count). The molecule has 4 nitrogen and oxygen atoms in total. The Morgan fingerprint density at radius 3 is 3.00 bits per heavy atom. The van der Waals surface area contributed by atoms with Gasteiger partial charge in [-0.15, -0.1) is 0 Å². The van der Waals surface area contributed by atoms with E-state index in [1.807, 2.05) is 0 Å². The fraction of sp³-hybridized carbons (Fsp3) is 1.00. The standard InChI is InChI=1S/C10H20N2O2/c1-2-10(14-4-1)7-11-6-9-8-13-5-3-12-9/h9-12H,1-8H2. The van der Waals surface area contributed by atoms with Gasteiger partial charge < -0.3 is 20.1 Å². The van der Waals surface area contributed by atoms with Crippen LogP contribution in [0.4, 0.5) is 0 Å². The van der Waals surface area contributed by atoms with Crippen molar-refractivity contribution in [2.75, 3.05) is 39.5 Å². The number of ether oxygens (including phenoxy) is 2. The summed E-state index contributed by atoms with van der Waals surface area (Å²) in [7, 11) is 0. The molecule has 0 aromatic rings. The summed E-state index contributed by atoms with van der Waals surface area (Å²) in [6, 6.07) is 0.477. The number of rotatable bonds is 4. The van der Waals surface area contributed by atoms with Crippen LogP contribution < -0.4 is 10.6 Å². The zero-order chi connectivity index (χ0) is 9.64. The Balaban J connectivity index is 1.52. The van der Waals surface area contributed by atoms with Gasteiger partial charge in [0.05, 0.1) is 19.3 Å². The van der Waals surface area contributed by atoms with E-state index < -0.39 is 0 Å². The summed E-state index contributed by atoms with van der Waals surface area (Å²) in [6.45, 7) is 5.57. The second-order valence-corrected chi connectivity index (χ2v) is 4.02. The molecule has 0 aromatic heterocycles. The lowest BCUT2D eigenvalue weighted by atomic mass is 10.2. The van der Waals surface area contributed by atoms with Gasteiger partial charge in [-0.3, -0.25) is 0 Å². The van der Waals surface area contributed by atoms with Gasteiger partial charge in [-0.05, 0) is 12.8 Å². The van der Waals surface area contributed by atoms with Crippen molar-refractivity contribution in [3.63, 3.8) is 0 Å². The van der Waals surface area contributed by atoms with Crippen molar-refractivity contribution in [3.8, 4) is 0 Å². The molecular formula is C10H20N2O2. The SMILES string of the molecule is C1COC(CNCC2COCCN2)C1. The van der Waals surface area contributed by atoms with Crippen LogP contribution in [0.1, 0.15) is 12.8 Å². The van der Waals surface area contributed by atoms with Gasteiger partial charge in [-0.1, -0.05) is 0 Å². The van der Waals surface area contributed by atoms with Crippen molar-refractivity contribution < 1.29 is 9.47 Å². The first-order valence-electron chi connectivity index (χ1n) is 5.58. The van der Waals surface area contributed by atoms with E-state index in [0.717, 1.165) is 39.5 Å². The average Bonchev–Trinajstić information content (AvgIpc) is 2.72. The summed E-state index contributed by atoms with van der Waals surface area (Å²) >= 11 is 0. The van der Waals surface area contributed by atoms with Crippen LogP contribution in [0.5, 0.6) is 0 Å². The molecule has 14 heavy (non-hydrogen) atoms. The maximum atomic E-state index is 5.53. The molecule has 0 bridgehead atoms. The lowest BCUT2D eigenvalue weighted by Gasteiger charge is -2.24. The molecule has 4 heteroatoms. The number of nitrogens with one attached hydrogen (secondary N) is 2. The third-order valence-electron chi connectivity index (χ3n) is 2.79. The molecule has 2 fully saturated rings. The monoisotopic (exact) mass is 200 g/mol. The number of hydrogen-bond donors (Lipinski definition) is 2. The van der Waals surface area contributed by atoms with E-state index in [-0.39, 0.29) is 0 Å². The van der Waals surface area contributed by atoms with Crippen LogP contribution >= 0.6 is 0 Å². The normalized spacial score (nSPS) is 33.4. The highest BCUT2D eigenvalue weighted by Crippen LogP contribution is 2.10. The summed E-state index contributed by atoms with van der Waals surface area (Å²) in [4.78, 5) is 0. The van der Waals surface area contributed by atoms with Crippen molar-refractivity contribution in [2.45, 2.75) is 25.0 Å². The Morgan fingerprint density at radius 2 is 2.29 bits per heavy atom. The van der Waals surface area contributed by atoms with E-state index in [1.54, 1.807) is 0 Å². The van der Waals surface area contributed by atoms with Crippen LogP contribution in [0.3, 0.4) is 0 Å². The van der Waals surface area contributed by atoms with E-state index in [1.165, 1.54) is 12.8 Å². The van der Waals surface area contributed by atoms with Crippen LogP contribution in [-0.2, 0) is 9.47 Å². The molecule has 0 saturated carbocycles. The third-order valence-corrected chi connectivity index (χ3v) is 2.79. The first-order chi connectivity index (χ1) is 6.95. The van der Waals surface area contributed by atoms with E-state index in [0.29, 0.717) is 12.1 Å². The molecule has 2 heterocycles. The fourth-order valence-electron chi connectivity index (χ4n) is 1.97. The van der Waals surface area contributed by atoms with Crippen molar-refractivity contribution >= 4 is 0 Å². The predicted octanol–water partition coefficient (Wildman–Crippen LogP) is -0.257. The van der Waals surface area contributed by atoms with Crippen LogP contribution in [0.25, 0.3) is 0 Å². The summed E-state index contributed by atoms with van der Waals surface area (Å²) in [5, 5.41) is 6.85. The van der Waals surface area contributed by atoms with Gasteiger partial charge in [0.1, 0.15) is 0 Å². The predicted molar refractivity (Wildman–Crippen MR) is 54.5 cm³/mol. The molecule has 0 spiro atoms. The maximum absolute atomic E-state index is 5.53. The molecule has 0 aliphatic carbocycles. The number of morpholine rings is 1. The Morgan fingerprint density at radius 1 is 1.29 bits per heavy atom. The highest BCUT2D eigenvalue weighted by molar-refractivity contribution is 4.74. The third kappa shape index (κ3) is 3.20. The van der Waals surface area contributed by atoms with Crippen molar-refractivity contribution in [1.29, 1.82) is 0 Å². The molecule has 82 valence electrons. The van der Waals surface area contributed by atoms with Crippen molar-refractivity contribution in [2.24, 2.45) is 0 Å². The van der Waals surface area contributed by atoms with Gasteiger partial charge in [0, 0.05) is 32.3 Å². The zero-order valence-electron chi connectivity index (χ0n) is 8.63. The summed E-state index contributed by atoms with van der Waals surface area (Å²) in [5.74, 6) is 0. The van der Waals surface area contributed by atoms with Gasteiger partial charge in [-0.2, -0.15) is 0 Å². The highest BCUT2D eigenvalue weighted by atomic mass is 16.5.